The summed E-state index contributed by atoms with van der Waals surface area (Å²) in [7, 11) is 0. The van der Waals surface area contributed by atoms with E-state index in [0.29, 0.717) is 0 Å². The molecule has 1 rings (SSSR count). The van der Waals surface area contributed by atoms with Crippen LogP contribution in [0.15, 0.2) is 23.8 Å². The Kier molecular flexibility index (Phi) is 3.08. The van der Waals surface area contributed by atoms with Gasteiger partial charge in [0.05, 0.1) is 5.41 Å². The van der Waals surface area contributed by atoms with E-state index in [1.165, 1.54) is 0 Å². The van der Waals surface area contributed by atoms with Crippen molar-refractivity contribution in [2.45, 2.75) is 46.6 Å². The molecule has 0 bridgehead atoms. The molecule has 0 N–H and O–H groups in total. The zero-order chi connectivity index (χ0) is 11.7. The number of hydrogen-bond donors (Lipinski definition) is 0. The van der Waals surface area contributed by atoms with Crippen LogP contribution in [0.2, 0.25) is 0 Å². The summed E-state index contributed by atoms with van der Waals surface area (Å²) in [5.41, 5.74) is 0.170. The van der Waals surface area contributed by atoms with Crippen LogP contribution < -0.4 is 0 Å². The van der Waals surface area contributed by atoms with E-state index in [0.717, 1.165) is 12.0 Å². The highest BCUT2D eigenvalue weighted by Gasteiger charge is 2.38. The summed E-state index contributed by atoms with van der Waals surface area (Å²) < 4.78 is 5.44. The lowest BCUT2D eigenvalue weighted by molar-refractivity contribution is -0.164. The zero-order valence-electron chi connectivity index (χ0n) is 10.3. The number of esters is 1. The van der Waals surface area contributed by atoms with Gasteiger partial charge in [-0.05, 0) is 41.0 Å². The Bertz CT molecular complexity index is 318. The second kappa shape index (κ2) is 3.84. The molecule has 0 saturated heterocycles. The average Bonchev–Trinajstić information content (AvgIpc) is 2.07. The van der Waals surface area contributed by atoms with Crippen molar-refractivity contribution in [2.24, 2.45) is 5.41 Å². The smallest absolute Gasteiger partial charge is 0.316 e. The van der Waals surface area contributed by atoms with Crippen LogP contribution in [-0.2, 0) is 9.53 Å². The third-order valence-electron chi connectivity index (χ3n) is 2.73. The van der Waals surface area contributed by atoms with E-state index < -0.39 is 11.0 Å². The predicted octanol–water partition coefficient (Wildman–Crippen LogP) is 3.24. The molecule has 0 radical (unpaired) electrons. The number of hydrogen-bond acceptors (Lipinski definition) is 2. The van der Waals surface area contributed by atoms with Crippen molar-refractivity contribution < 1.29 is 9.53 Å². The van der Waals surface area contributed by atoms with Gasteiger partial charge >= 0.3 is 5.97 Å². The largest absolute Gasteiger partial charge is 0.459 e. The molecule has 0 aliphatic heterocycles. The van der Waals surface area contributed by atoms with Gasteiger partial charge in [-0.2, -0.15) is 0 Å². The maximum atomic E-state index is 12.0. The minimum absolute atomic E-state index is 0.131. The second-order valence-electron chi connectivity index (χ2n) is 5.32. The van der Waals surface area contributed by atoms with E-state index in [2.05, 4.69) is 0 Å². The lowest BCUT2D eigenvalue weighted by Crippen LogP contribution is -2.37. The number of allylic oxidation sites excluding steroid dienone is 3. The molecular formula is C13H20O2. The maximum absolute atomic E-state index is 12.0. The van der Waals surface area contributed by atoms with Crippen LogP contribution in [0.5, 0.6) is 0 Å². The highest BCUT2D eigenvalue weighted by molar-refractivity contribution is 5.81. The molecule has 15 heavy (non-hydrogen) atoms. The van der Waals surface area contributed by atoms with E-state index in [-0.39, 0.29) is 5.97 Å². The lowest BCUT2D eigenvalue weighted by Gasteiger charge is -2.32. The van der Waals surface area contributed by atoms with Gasteiger partial charge in [-0.1, -0.05) is 23.8 Å². The van der Waals surface area contributed by atoms with Gasteiger partial charge in [-0.15, -0.1) is 0 Å². The van der Waals surface area contributed by atoms with Crippen molar-refractivity contribution >= 4 is 5.97 Å². The number of ether oxygens (including phenoxy) is 1. The van der Waals surface area contributed by atoms with Gasteiger partial charge in [0.1, 0.15) is 5.60 Å². The molecule has 1 atom stereocenters. The fourth-order valence-electron chi connectivity index (χ4n) is 1.50. The minimum atomic E-state index is -0.484. The second-order valence-corrected chi connectivity index (χ2v) is 5.32. The summed E-state index contributed by atoms with van der Waals surface area (Å²) in [6.07, 6.45) is 6.70. The first-order chi connectivity index (χ1) is 6.76. The van der Waals surface area contributed by atoms with Crippen LogP contribution in [-0.4, -0.2) is 11.6 Å². The average molecular weight is 208 g/mol. The topological polar surface area (TPSA) is 26.3 Å². The van der Waals surface area contributed by atoms with Gasteiger partial charge in [0.2, 0.25) is 0 Å². The lowest BCUT2D eigenvalue weighted by atomic mass is 9.77. The molecule has 1 aliphatic carbocycles. The van der Waals surface area contributed by atoms with Crippen LogP contribution >= 0.6 is 0 Å². The van der Waals surface area contributed by atoms with Crippen molar-refractivity contribution in [2.75, 3.05) is 0 Å². The summed E-state index contributed by atoms with van der Waals surface area (Å²) in [6.45, 7) is 9.60. The third kappa shape index (κ3) is 2.71. The summed E-state index contributed by atoms with van der Waals surface area (Å²) in [4.78, 5) is 12.0. The molecule has 0 heterocycles. The number of carbonyl (C=O) groups excluding carboxylic acids is 1. The van der Waals surface area contributed by atoms with Crippen molar-refractivity contribution in [1.29, 1.82) is 0 Å². The van der Waals surface area contributed by atoms with Crippen LogP contribution in [0.3, 0.4) is 0 Å². The maximum Gasteiger partial charge on any atom is 0.316 e. The monoisotopic (exact) mass is 208 g/mol. The summed E-state index contributed by atoms with van der Waals surface area (Å²) in [6, 6.07) is 0. The molecule has 0 aromatic heterocycles. The molecule has 2 nitrogen and oxygen atoms in total. The summed E-state index contributed by atoms with van der Waals surface area (Å²) >= 11 is 0. The molecule has 1 unspecified atom stereocenters. The van der Waals surface area contributed by atoms with Crippen LogP contribution in [0.25, 0.3) is 0 Å². The standard InChI is InChI=1S/C13H20O2/c1-10-8-6-7-9-13(10,5)11(14)15-12(2,3)4/h6-8H,9H2,1-5H3. The third-order valence-corrected chi connectivity index (χ3v) is 2.73. The fourth-order valence-corrected chi connectivity index (χ4v) is 1.50. The van der Waals surface area contributed by atoms with E-state index in [9.17, 15) is 4.79 Å². The Hall–Kier alpha value is -1.05. The number of rotatable bonds is 1. The molecule has 84 valence electrons. The van der Waals surface area contributed by atoms with E-state index >= 15 is 0 Å². The molecule has 0 saturated carbocycles. The van der Waals surface area contributed by atoms with Crippen molar-refractivity contribution in [3.05, 3.63) is 23.8 Å². The first kappa shape index (κ1) is 12.0. The fraction of sp³-hybridized carbons (Fsp3) is 0.615. The first-order valence-corrected chi connectivity index (χ1v) is 5.33. The summed E-state index contributed by atoms with van der Waals surface area (Å²) in [5, 5.41) is 0. The van der Waals surface area contributed by atoms with Gasteiger partial charge in [-0.3, -0.25) is 4.79 Å². The Morgan fingerprint density at radius 3 is 2.53 bits per heavy atom. The molecule has 0 amide bonds. The zero-order valence-corrected chi connectivity index (χ0v) is 10.3. The normalized spacial score (nSPS) is 26.1. The van der Waals surface area contributed by atoms with Crippen LogP contribution in [0.4, 0.5) is 0 Å². The van der Waals surface area contributed by atoms with Gasteiger partial charge in [0, 0.05) is 0 Å². The van der Waals surface area contributed by atoms with Gasteiger partial charge in [0.15, 0.2) is 0 Å². The predicted molar refractivity (Wildman–Crippen MR) is 61.5 cm³/mol. The first-order valence-electron chi connectivity index (χ1n) is 5.33. The molecule has 0 aromatic carbocycles. The molecule has 0 spiro atoms. The Labute approximate surface area is 92.0 Å². The van der Waals surface area contributed by atoms with E-state index in [1.807, 2.05) is 52.8 Å². The molecular weight excluding hydrogens is 188 g/mol. The van der Waals surface area contributed by atoms with Crippen LogP contribution in [0, 0.1) is 5.41 Å². The van der Waals surface area contributed by atoms with Crippen molar-refractivity contribution in [3.8, 4) is 0 Å². The molecule has 0 aromatic rings. The molecule has 2 heteroatoms. The quantitative estimate of drug-likeness (QED) is 0.618. The van der Waals surface area contributed by atoms with Gasteiger partial charge in [-0.25, -0.2) is 0 Å². The van der Waals surface area contributed by atoms with Crippen molar-refractivity contribution in [3.63, 3.8) is 0 Å². The summed E-state index contributed by atoms with van der Waals surface area (Å²) in [5.74, 6) is -0.131. The van der Waals surface area contributed by atoms with Gasteiger partial charge < -0.3 is 4.74 Å². The van der Waals surface area contributed by atoms with Crippen LogP contribution in [0.1, 0.15) is 41.0 Å². The Balaban J connectivity index is 2.84. The van der Waals surface area contributed by atoms with E-state index in [4.69, 9.17) is 4.74 Å². The molecule has 0 fully saturated rings. The van der Waals surface area contributed by atoms with E-state index in [1.54, 1.807) is 0 Å². The van der Waals surface area contributed by atoms with Crippen molar-refractivity contribution in [1.82, 2.24) is 0 Å². The Morgan fingerprint density at radius 1 is 1.47 bits per heavy atom. The highest BCUT2D eigenvalue weighted by Crippen LogP contribution is 2.36. The Morgan fingerprint density at radius 2 is 2.07 bits per heavy atom. The molecule has 1 aliphatic rings. The number of carbonyl (C=O) groups is 1. The minimum Gasteiger partial charge on any atom is -0.459 e. The SMILES string of the molecule is CC1=CC=CCC1(C)C(=O)OC(C)(C)C. The van der Waals surface area contributed by atoms with Gasteiger partial charge in [0.25, 0.3) is 0 Å². The highest BCUT2D eigenvalue weighted by atomic mass is 16.6.